The minimum absolute atomic E-state index is 0.302. The highest BCUT2D eigenvalue weighted by Gasteiger charge is 2.32. The maximum Gasteiger partial charge on any atom is 0.120 e. The summed E-state index contributed by atoms with van der Waals surface area (Å²) >= 11 is 0. The van der Waals surface area contributed by atoms with E-state index in [0.29, 0.717) is 23.1 Å². The van der Waals surface area contributed by atoms with Gasteiger partial charge in [0.15, 0.2) is 0 Å². The van der Waals surface area contributed by atoms with Gasteiger partial charge < -0.3 is 10.4 Å². The molecule has 1 aliphatic rings. The predicted molar refractivity (Wildman–Crippen MR) is 80.7 cm³/mol. The maximum absolute atomic E-state index is 10.2. The Morgan fingerprint density at radius 1 is 1.32 bits per heavy atom. The third-order valence-corrected chi connectivity index (χ3v) is 4.70. The first kappa shape index (κ1) is 14.4. The van der Waals surface area contributed by atoms with Crippen LogP contribution in [-0.2, 0) is 0 Å². The molecule has 2 unspecified atom stereocenters. The van der Waals surface area contributed by atoms with Crippen molar-refractivity contribution in [2.75, 3.05) is 6.54 Å². The molecule has 0 spiro atoms. The second-order valence-electron chi connectivity index (χ2n) is 6.82. The average Bonchev–Trinajstić information content (AvgIpc) is 2.70. The van der Waals surface area contributed by atoms with Gasteiger partial charge in [-0.2, -0.15) is 0 Å². The zero-order chi connectivity index (χ0) is 14.2. The molecule has 0 heterocycles. The van der Waals surface area contributed by atoms with Crippen LogP contribution in [0.1, 0.15) is 69.2 Å². The van der Waals surface area contributed by atoms with Crippen molar-refractivity contribution in [3.63, 3.8) is 0 Å². The fourth-order valence-corrected chi connectivity index (χ4v) is 3.05. The van der Waals surface area contributed by atoms with Gasteiger partial charge in [0, 0.05) is 18.2 Å². The summed E-state index contributed by atoms with van der Waals surface area (Å²) in [6.45, 7) is 12.2. The molecule has 0 fully saturated rings. The molecular formula is C17H27NO. The third-order valence-electron chi connectivity index (χ3n) is 4.70. The molecule has 0 saturated carbocycles. The molecule has 0 aromatic heterocycles. The Morgan fingerprint density at radius 3 is 2.63 bits per heavy atom. The number of phenolic OH excluding ortho intramolecular Hbond substituents is 1. The van der Waals surface area contributed by atoms with E-state index in [-0.39, 0.29) is 0 Å². The van der Waals surface area contributed by atoms with Gasteiger partial charge in [-0.05, 0) is 48.3 Å². The van der Waals surface area contributed by atoms with Gasteiger partial charge in [0.1, 0.15) is 5.75 Å². The maximum atomic E-state index is 10.2. The Kier molecular flexibility index (Phi) is 3.91. The van der Waals surface area contributed by atoms with Gasteiger partial charge >= 0.3 is 0 Å². The number of aromatic hydroxyl groups is 1. The molecule has 2 N–H and O–H groups in total. The Labute approximate surface area is 117 Å². The lowest BCUT2D eigenvalue weighted by Crippen LogP contribution is -2.31. The summed E-state index contributed by atoms with van der Waals surface area (Å²) in [6.07, 6.45) is 2.25. The highest BCUT2D eigenvalue weighted by Crippen LogP contribution is 2.46. The number of phenols is 1. The van der Waals surface area contributed by atoms with Crippen LogP contribution < -0.4 is 5.32 Å². The summed E-state index contributed by atoms with van der Waals surface area (Å²) in [7, 11) is 0. The number of rotatable bonds is 4. The molecule has 2 nitrogen and oxygen atoms in total. The normalized spacial score (nSPS) is 22.6. The first-order valence-corrected chi connectivity index (χ1v) is 7.41. The lowest BCUT2D eigenvalue weighted by Gasteiger charge is -2.26. The van der Waals surface area contributed by atoms with Gasteiger partial charge in [-0.25, -0.2) is 0 Å². The highest BCUT2D eigenvalue weighted by atomic mass is 16.3. The lowest BCUT2D eigenvalue weighted by atomic mass is 9.90. The van der Waals surface area contributed by atoms with Crippen molar-refractivity contribution in [1.82, 2.24) is 5.32 Å². The van der Waals surface area contributed by atoms with Crippen molar-refractivity contribution in [3.8, 4) is 5.75 Å². The molecule has 0 radical (unpaired) electrons. The molecular weight excluding hydrogens is 234 g/mol. The van der Waals surface area contributed by atoms with Crippen LogP contribution in [0, 0.1) is 12.3 Å². The molecule has 2 heteroatoms. The summed E-state index contributed by atoms with van der Waals surface area (Å²) in [5.74, 6) is 0.987. The fraction of sp³-hybridized carbons (Fsp3) is 0.647. The first-order chi connectivity index (χ1) is 8.85. The molecule has 0 amide bonds. The second-order valence-corrected chi connectivity index (χ2v) is 6.82. The van der Waals surface area contributed by atoms with Gasteiger partial charge in [0.25, 0.3) is 0 Å². The SMILES string of the molecule is CCC(C)(C)CNC1CC(C)c2c(C)ccc(O)c21. The zero-order valence-corrected chi connectivity index (χ0v) is 12.9. The monoisotopic (exact) mass is 261 g/mol. The number of hydrogen-bond acceptors (Lipinski definition) is 2. The van der Waals surface area contributed by atoms with Crippen molar-refractivity contribution >= 4 is 0 Å². The molecule has 19 heavy (non-hydrogen) atoms. The molecule has 106 valence electrons. The number of aryl methyl sites for hydroxylation is 1. The topological polar surface area (TPSA) is 32.3 Å². The Balaban J connectivity index is 2.22. The highest BCUT2D eigenvalue weighted by molar-refractivity contribution is 5.50. The van der Waals surface area contributed by atoms with Gasteiger partial charge in [0.2, 0.25) is 0 Å². The third kappa shape index (κ3) is 2.79. The molecule has 1 aromatic carbocycles. The van der Waals surface area contributed by atoms with Gasteiger partial charge in [0.05, 0.1) is 0 Å². The molecule has 2 rings (SSSR count). The Bertz CT molecular complexity index is 465. The van der Waals surface area contributed by atoms with Crippen LogP contribution in [0.2, 0.25) is 0 Å². The van der Waals surface area contributed by atoms with Crippen molar-refractivity contribution in [3.05, 3.63) is 28.8 Å². The van der Waals surface area contributed by atoms with Crippen molar-refractivity contribution in [2.45, 2.75) is 59.4 Å². The van der Waals surface area contributed by atoms with Gasteiger partial charge in [-0.3, -0.25) is 0 Å². The quantitative estimate of drug-likeness (QED) is 0.848. The summed E-state index contributed by atoms with van der Waals surface area (Å²) in [5.41, 5.74) is 4.11. The minimum atomic E-state index is 0.302. The molecule has 1 aliphatic carbocycles. The van der Waals surface area contributed by atoms with Crippen LogP contribution in [0.3, 0.4) is 0 Å². The van der Waals surface area contributed by atoms with E-state index in [9.17, 15) is 5.11 Å². The zero-order valence-electron chi connectivity index (χ0n) is 12.9. The summed E-state index contributed by atoms with van der Waals surface area (Å²) in [5, 5.41) is 13.9. The van der Waals surface area contributed by atoms with Crippen LogP contribution >= 0.6 is 0 Å². The lowest BCUT2D eigenvalue weighted by molar-refractivity contribution is 0.304. The molecule has 1 aromatic rings. The summed E-state index contributed by atoms with van der Waals surface area (Å²) < 4.78 is 0. The van der Waals surface area contributed by atoms with E-state index in [2.05, 4.69) is 39.9 Å². The van der Waals surface area contributed by atoms with Crippen LogP contribution in [0.25, 0.3) is 0 Å². The molecule has 2 atom stereocenters. The predicted octanol–water partition coefficient (Wildman–Crippen LogP) is 4.27. The Hall–Kier alpha value is -1.02. The van der Waals surface area contributed by atoms with Crippen LogP contribution in [0.4, 0.5) is 0 Å². The van der Waals surface area contributed by atoms with Crippen molar-refractivity contribution < 1.29 is 5.11 Å². The average molecular weight is 261 g/mol. The van der Waals surface area contributed by atoms with E-state index in [1.807, 2.05) is 12.1 Å². The molecule has 0 saturated heterocycles. The first-order valence-electron chi connectivity index (χ1n) is 7.41. The van der Waals surface area contributed by atoms with E-state index in [4.69, 9.17) is 0 Å². The van der Waals surface area contributed by atoms with Gasteiger partial charge in [-0.15, -0.1) is 0 Å². The van der Waals surface area contributed by atoms with Crippen LogP contribution in [-0.4, -0.2) is 11.7 Å². The largest absolute Gasteiger partial charge is 0.508 e. The van der Waals surface area contributed by atoms with E-state index in [0.717, 1.165) is 24.9 Å². The Morgan fingerprint density at radius 2 is 2.00 bits per heavy atom. The van der Waals surface area contributed by atoms with Crippen LogP contribution in [0.15, 0.2) is 12.1 Å². The second kappa shape index (κ2) is 5.16. The van der Waals surface area contributed by atoms with Gasteiger partial charge in [-0.1, -0.05) is 33.8 Å². The van der Waals surface area contributed by atoms with E-state index in [1.54, 1.807) is 0 Å². The summed E-state index contributed by atoms with van der Waals surface area (Å²) in [4.78, 5) is 0. The molecule has 0 bridgehead atoms. The summed E-state index contributed by atoms with van der Waals surface area (Å²) in [6, 6.07) is 4.17. The van der Waals surface area contributed by atoms with E-state index in [1.165, 1.54) is 11.1 Å². The van der Waals surface area contributed by atoms with E-state index >= 15 is 0 Å². The number of nitrogens with one attached hydrogen (secondary N) is 1. The molecule has 0 aliphatic heterocycles. The van der Waals surface area contributed by atoms with Crippen molar-refractivity contribution in [1.29, 1.82) is 0 Å². The minimum Gasteiger partial charge on any atom is -0.508 e. The number of benzene rings is 1. The number of fused-ring (bicyclic) bond motifs is 1. The van der Waals surface area contributed by atoms with Crippen molar-refractivity contribution in [2.24, 2.45) is 5.41 Å². The van der Waals surface area contributed by atoms with Crippen LogP contribution in [0.5, 0.6) is 5.75 Å². The standard InChI is InChI=1S/C17H27NO/c1-6-17(4,5)10-18-13-9-12(3)15-11(2)7-8-14(19)16(13)15/h7-8,12-13,18-19H,6,9-10H2,1-5H3. The fourth-order valence-electron chi connectivity index (χ4n) is 3.05. The van der Waals surface area contributed by atoms with E-state index < -0.39 is 0 Å². The number of hydrogen-bond donors (Lipinski definition) is 2. The smallest absolute Gasteiger partial charge is 0.120 e.